The number of anilines is 1. The zero-order valence-corrected chi connectivity index (χ0v) is 14.7. The molecule has 0 saturated carbocycles. The summed E-state index contributed by atoms with van der Waals surface area (Å²) in [6, 6.07) is 6.20. The van der Waals surface area contributed by atoms with Crippen LogP contribution in [0.3, 0.4) is 0 Å². The normalized spacial score (nSPS) is 11.1. The van der Waals surface area contributed by atoms with Gasteiger partial charge in [0.15, 0.2) is 0 Å². The fraction of sp³-hybridized carbons (Fsp3) is 0.125. The molecule has 0 radical (unpaired) electrons. The number of carbonyl (C=O) groups is 1. The highest BCUT2D eigenvalue weighted by Gasteiger charge is 2.14. The highest BCUT2D eigenvalue weighted by Crippen LogP contribution is 2.25. The van der Waals surface area contributed by atoms with Crippen molar-refractivity contribution in [2.45, 2.75) is 0 Å². The van der Waals surface area contributed by atoms with Crippen molar-refractivity contribution in [2.24, 2.45) is 14.1 Å². The van der Waals surface area contributed by atoms with Crippen LogP contribution in [0.5, 0.6) is 0 Å². The number of amides is 1. The van der Waals surface area contributed by atoms with Crippen LogP contribution in [-0.2, 0) is 18.9 Å². The summed E-state index contributed by atoms with van der Waals surface area (Å²) in [6.07, 6.45) is 2.36. The average molecular weight is 379 g/mol. The third-order valence-corrected chi connectivity index (χ3v) is 3.88. The number of aromatic nitrogens is 2. The van der Waals surface area contributed by atoms with Crippen molar-refractivity contribution in [3.63, 3.8) is 0 Å². The van der Waals surface area contributed by atoms with Gasteiger partial charge in [-0.2, -0.15) is 5.26 Å². The maximum Gasteiger partial charge on any atom is 0.330 e. The van der Waals surface area contributed by atoms with Gasteiger partial charge in [-0.1, -0.05) is 23.2 Å². The monoisotopic (exact) mass is 378 g/mol. The van der Waals surface area contributed by atoms with Crippen LogP contribution in [0.15, 0.2) is 39.6 Å². The van der Waals surface area contributed by atoms with E-state index in [1.807, 2.05) is 0 Å². The number of benzene rings is 1. The van der Waals surface area contributed by atoms with Gasteiger partial charge in [0.1, 0.15) is 11.6 Å². The molecule has 0 bridgehead atoms. The van der Waals surface area contributed by atoms with Crippen molar-refractivity contribution < 1.29 is 4.79 Å². The van der Waals surface area contributed by atoms with Crippen LogP contribution in [0, 0.1) is 11.3 Å². The summed E-state index contributed by atoms with van der Waals surface area (Å²) in [5.41, 5.74) is -1.21. The Balaban J connectivity index is 2.43. The Bertz CT molecular complexity index is 1040. The van der Waals surface area contributed by atoms with Crippen molar-refractivity contribution in [1.29, 1.82) is 5.26 Å². The van der Waals surface area contributed by atoms with E-state index in [9.17, 15) is 19.6 Å². The molecule has 0 saturated heterocycles. The number of nitrogens with zero attached hydrogens (tertiary/aromatic N) is 3. The summed E-state index contributed by atoms with van der Waals surface area (Å²) < 4.78 is 2.06. The van der Waals surface area contributed by atoms with E-state index in [-0.39, 0.29) is 21.8 Å². The molecule has 0 spiro atoms. The predicted octanol–water partition coefficient (Wildman–Crippen LogP) is 1.94. The summed E-state index contributed by atoms with van der Waals surface area (Å²) in [4.78, 5) is 36.1. The molecule has 0 aliphatic heterocycles. The second kappa shape index (κ2) is 7.38. The van der Waals surface area contributed by atoms with Gasteiger partial charge in [0, 0.05) is 25.3 Å². The summed E-state index contributed by atoms with van der Waals surface area (Å²) in [5, 5.41) is 12.3. The highest BCUT2D eigenvalue weighted by molar-refractivity contribution is 6.36. The summed E-state index contributed by atoms with van der Waals surface area (Å²) in [5.74, 6) is -0.762. The lowest BCUT2D eigenvalue weighted by Crippen LogP contribution is -2.37. The molecule has 1 N–H and O–H groups in total. The quantitative estimate of drug-likeness (QED) is 0.651. The molecule has 0 aliphatic carbocycles. The standard InChI is InChI=1S/C16H12Cl2N4O3/c1-21-8-10(15(24)22(2)16(21)25)5-9(7-19)14(23)20-13-6-11(17)3-4-12(13)18/h3-6,8H,1-2H3,(H,20,23)/b9-5+. The van der Waals surface area contributed by atoms with Crippen molar-refractivity contribution in [1.82, 2.24) is 9.13 Å². The van der Waals surface area contributed by atoms with E-state index in [1.165, 1.54) is 37.0 Å². The first-order valence-corrected chi connectivity index (χ1v) is 7.65. The first kappa shape index (κ1) is 18.5. The molecule has 2 aromatic rings. The fourth-order valence-electron chi connectivity index (χ4n) is 2.02. The molecule has 0 fully saturated rings. The van der Waals surface area contributed by atoms with E-state index < -0.39 is 17.2 Å². The Morgan fingerprint density at radius 1 is 1.28 bits per heavy atom. The number of nitrogens with one attached hydrogen (secondary N) is 1. The molecule has 25 heavy (non-hydrogen) atoms. The Kier molecular flexibility index (Phi) is 5.47. The van der Waals surface area contributed by atoms with E-state index in [0.717, 1.165) is 10.6 Å². The highest BCUT2D eigenvalue weighted by atomic mass is 35.5. The van der Waals surface area contributed by atoms with Crippen molar-refractivity contribution >= 4 is 40.9 Å². The molecule has 1 aromatic heterocycles. The van der Waals surface area contributed by atoms with Crippen LogP contribution in [-0.4, -0.2) is 15.0 Å². The second-order valence-electron chi connectivity index (χ2n) is 5.09. The van der Waals surface area contributed by atoms with E-state index in [1.54, 1.807) is 12.1 Å². The maximum atomic E-state index is 12.3. The number of nitriles is 1. The number of aryl methyl sites for hydroxylation is 1. The molecule has 0 aliphatic rings. The Morgan fingerprint density at radius 2 is 1.96 bits per heavy atom. The lowest BCUT2D eigenvalue weighted by Gasteiger charge is -2.07. The predicted molar refractivity (Wildman–Crippen MR) is 95.6 cm³/mol. The molecule has 9 heteroatoms. The molecule has 0 unspecified atom stereocenters. The molecule has 1 heterocycles. The molecule has 7 nitrogen and oxygen atoms in total. The van der Waals surface area contributed by atoms with Crippen LogP contribution >= 0.6 is 23.2 Å². The topological polar surface area (TPSA) is 96.9 Å². The van der Waals surface area contributed by atoms with Gasteiger partial charge >= 0.3 is 5.69 Å². The molecule has 1 amide bonds. The van der Waals surface area contributed by atoms with Gasteiger partial charge in [0.25, 0.3) is 11.5 Å². The van der Waals surface area contributed by atoms with Crippen molar-refractivity contribution in [2.75, 3.05) is 5.32 Å². The van der Waals surface area contributed by atoms with Crippen LogP contribution in [0.25, 0.3) is 6.08 Å². The van der Waals surface area contributed by atoms with Crippen LogP contribution in [0.1, 0.15) is 5.56 Å². The van der Waals surface area contributed by atoms with Gasteiger partial charge in [-0.25, -0.2) is 4.79 Å². The van der Waals surface area contributed by atoms with Gasteiger partial charge in [-0.05, 0) is 24.3 Å². The van der Waals surface area contributed by atoms with E-state index >= 15 is 0 Å². The van der Waals surface area contributed by atoms with E-state index in [4.69, 9.17) is 23.2 Å². The largest absolute Gasteiger partial charge is 0.330 e. The molecule has 1 aromatic carbocycles. The molecule has 128 valence electrons. The zero-order chi connectivity index (χ0) is 18.7. The first-order chi connectivity index (χ1) is 11.7. The molecular weight excluding hydrogens is 367 g/mol. The average Bonchev–Trinajstić information content (AvgIpc) is 2.58. The van der Waals surface area contributed by atoms with Gasteiger partial charge in [-0.3, -0.25) is 14.2 Å². The number of halogens is 2. The number of hydrogen-bond donors (Lipinski definition) is 1. The molecule has 2 rings (SSSR count). The Hall–Kier alpha value is -2.82. The van der Waals surface area contributed by atoms with Crippen LogP contribution in [0.2, 0.25) is 10.0 Å². The molecular formula is C16H12Cl2N4O3. The summed E-state index contributed by atoms with van der Waals surface area (Å²) >= 11 is 11.8. The smallest absolute Gasteiger partial charge is 0.320 e. The number of carbonyl (C=O) groups excluding carboxylic acids is 1. The van der Waals surface area contributed by atoms with Crippen molar-refractivity contribution in [3.8, 4) is 6.07 Å². The zero-order valence-electron chi connectivity index (χ0n) is 13.2. The lowest BCUT2D eigenvalue weighted by atomic mass is 10.2. The van der Waals surface area contributed by atoms with Gasteiger partial charge in [-0.15, -0.1) is 0 Å². The Morgan fingerprint density at radius 3 is 2.60 bits per heavy atom. The molecule has 0 atom stereocenters. The SMILES string of the molecule is Cn1cc(/C=C(\C#N)C(=O)Nc2cc(Cl)ccc2Cl)c(=O)n(C)c1=O. The maximum absolute atomic E-state index is 12.3. The van der Waals surface area contributed by atoms with Gasteiger partial charge in [0.05, 0.1) is 16.3 Å². The van der Waals surface area contributed by atoms with E-state index in [0.29, 0.717) is 5.02 Å². The number of rotatable bonds is 3. The fourth-order valence-corrected chi connectivity index (χ4v) is 2.36. The van der Waals surface area contributed by atoms with Crippen molar-refractivity contribution in [3.05, 3.63) is 66.4 Å². The first-order valence-electron chi connectivity index (χ1n) is 6.89. The van der Waals surface area contributed by atoms with Crippen LogP contribution < -0.4 is 16.6 Å². The summed E-state index contributed by atoms with van der Waals surface area (Å²) in [6.45, 7) is 0. The second-order valence-corrected chi connectivity index (χ2v) is 5.93. The van der Waals surface area contributed by atoms with Gasteiger partial charge in [0.2, 0.25) is 0 Å². The Labute approximate surface area is 152 Å². The minimum Gasteiger partial charge on any atom is -0.320 e. The van der Waals surface area contributed by atoms with Gasteiger partial charge < -0.3 is 9.88 Å². The summed E-state index contributed by atoms with van der Waals surface area (Å²) in [7, 11) is 2.76. The number of hydrogen-bond acceptors (Lipinski definition) is 4. The minimum absolute atomic E-state index is 0.0218. The van der Waals surface area contributed by atoms with Crippen LogP contribution in [0.4, 0.5) is 5.69 Å². The third-order valence-electron chi connectivity index (χ3n) is 3.31. The minimum atomic E-state index is -0.762. The van der Waals surface area contributed by atoms with E-state index in [2.05, 4.69) is 5.32 Å². The lowest BCUT2D eigenvalue weighted by molar-refractivity contribution is -0.112. The third kappa shape index (κ3) is 3.99.